The molecule has 33 heavy (non-hydrogen) atoms. The van der Waals surface area contributed by atoms with Gasteiger partial charge in [0.25, 0.3) is 5.91 Å². The molecule has 1 amide bonds. The minimum absolute atomic E-state index is 0.0142. The van der Waals surface area contributed by atoms with Crippen molar-refractivity contribution >= 4 is 27.4 Å². The van der Waals surface area contributed by atoms with Crippen LogP contribution in [0.2, 0.25) is 0 Å². The number of aromatic nitrogens is 1. The Morgan fingerprint density at radius 2 is 1.76 bits per heavy atom. The lowest BCUT2D eigenvalue weighted by Gasteiger charge is -2.27. The summed E-state index contributed by atoms with van der Waals surface area (Å²) in [6, 6.07) is 8.12. The number of ether oxygens (including phenoxy) is 2. The number of benzene rings is 1. The number of pyridine rings is 1. The third kappa shape index (κ3) is 5.45. The van der Waals surface area contributed by atoms with Gasteiger partial charge in [-0.25, -0.2) is 13.4 Å². The molecule has 2 aromatic rings. The molecule has 10 heteroatoms. The van der Waals surface area contributed by atoms with Crippen molar-refractivity contribution in [2.45, 2.75) is 30.6 Å². The molecule has 2 fully saturated rings. The molecule has 0 spiro atoms. The van der Waals surface area contributed by atoms with E-state index >= 15 is 0 Å². The first-order chi connectivity index (χ1) is 16.0. The summed E-state index contributed by atoms with van der Waals surface area (Å²) in [6.07, 6.45) is 5.29. The molecular formula is C23H30N4O5S. The fourth-order valence-corrected chi connectivity index (χ4v) is 5.78. The SMILES string of the molecule is COc1ccc(C(=O)Nc2ccc(N3CCOCC3)nc2)cc1S(=O)(=O)N1CCCCCC1. The number of nitrogens with zero attached hydrogens (tertiary/aromatic N) is 3. The lowest BCUT2D eigenvalue weighted by Crippen LogP contribution is -2.36. The smallest absolute Gasteiger partial charge is 0.255 e. The summed E-state index contributed by atoms with van der Waals surface area (Å²) in [4.78, 5) is 19.5. The minimum Gasteiger partial charge on any atom is -0.495 e. The van der Waals surface area contributed by atoms with Gasteiger partial charge in [0, 0.05) is 31.7 Å². The highest BCUT2D eigenvalue weighted by Crippen LogP contribution is 2.30. The Bertz CT molecular complexity index is 1060. The molecule has 2 aliphatic rings. The van der Waals surface area contributed by atoms with Crippen LogP contribution >= 0.6 is 0 Å². The Hall–Kier alpha value is -2.69. The number of methoxy groups -OCH3 is 1. The van der Waals surface area contributed by atoms with E-state index in [4.69, 9.17) is 9.47 Å². The largest absolute Gasteiger partial charge is 0.495 e. The predicted octanol–water partition coefficient (Wildman–Crippen LogP) is 2.74. The van der Waals surface area contributed by atoms with Gasteiger partial charge < -0.3 is 19.7 Å². The second-order valence-corrected chi connectivity index (χ2v) is 10.0. The third-order valence-corrected chi connectivity index (χ3v) is 7.87. The van der Waals surface area contributed by atoms with E-state index in [1.807, 2.05) is 6.07 Å². The standard InChI is InChI=1S/C23H30N4O5S/c1-31-20-8-6-18(16-21(20)33(29,30)27-10-4-2-3-5-11-27)23(28)25-19-7-9-22(24-17-19)26-12-14-32-15-13-26/h6-9,16-17H,2-5,10-15H2,1H3,(H,25,28). The van der Waals surface area contributed by atoms with E-state index in [2.05, 4.69) is 15.2 Å². The molecule has 0 bridgehead atoms. The summed E-state index contributed by atoms with van der Waals surface area (Å²) < 4.78 is 38.8. The Balaban J connectivity index is 1.52. The topological polar surface area (TPSA) is 101 Å². The van der Waals surface area contributed by atoms with E-state index in [0.717, 1.165) is 44.6 Å². The molecule has 0 unspecified atom stereocenters. The van der Waals surface area contributed by atoms with Crippen LogP contribution in [0, 0.1) is 0 Å². The number of rotatable bonds is 6. The van der Waals surface area contributed by atoms with Gasteiger partial charge >= 0.3 is 0 Å². The summed E-state index contributed by atoms with van der Waals surface area (Å²) in [5.74, 6) is 0.643. The molecule has 1 aromatic carbocycles. The first-order valence-electron chi connectivity index (χ1n) is 11.3. The van der Waals surface area contributed by atoms with Gasteiger partial charge in [0.05, 0.1) is 32.2 Å². The molecular weight excluding hydrogens is 444 g/mol. The highest BCUT2D eigenvalue weighted by Gasteiger charge is 2.29. The Morgan fingerprint density at radius 1 is 1.03 bits per heavy atom. The van der Waals surface area contributed by atoms with Crippen LogP contribution in [0.3, 0.4) is 0 Å². The number of anilines is 2. The average Bonchev–Trinajstić information content (AvgIpc) is 3.15. The first-order valence-corrected chi connectivity index (χ1v) is 12.7. The van der Waals surface area contributed by atoms with Crippen LogP contribution < -0.4 is 15.0 Å². The second-order valence-electron chi connectivity index (χ2n) is 8.14. The lowest BCUT2D eigenvalue weighted by atomic mass is 10.2. The molecule has 2 saturated heterocycles. The fourth-order valence-electron chi connectivity index (χ4n) is 4.08. The number of amides is 1. The van der Waals surface area contributed by atoms with Crippen molar-refractivity contribution in [3.63, 3.8) is 0 Å². The number of carbonyl (C=O) groups excluding carboxylic acids is 1. The second kappa shape index (κ2) is 10.5. The molecule has 3 heterocycles. The number of hydrogen-bond donors (Lipinski definition) is 1. The first kappa shape index (κ1) is 23.5. The van der Waals surface area contributed by atoms with E-state index in [-0.39, 0.29) is 16.2 Å². The average molecular weight is 475 g/mol. The monoisotopic (exact) mass is 474 g/mol. The van der Waals surface area contributed by atoms with E-state index in [0.29, 0.717) is 32.0 Å². The maximum absolute atomic E-state index is 13.3. The van der Waals surface area contributed by atoms with Gasteiger partial charge in [-0.2, -0.15) is 4.31 Å². The van der Waals surface area contributed by atoms with Crippen molar-refractivity contribution in [1.82, 2.24) is 9.29 Å². The van der Waals surface area contributed by atoms with Crippen molar-refractivity contribution in [3.8, 4) is 5.75 Å². The van der Waals surface area contributed by atoms with Crippen molar-refractivity contribution < 1.29 is 22.7 Å². The van der Waals surface area contributed by atoms with Crippen LogP contribution in [0.15, 0.2) is 41.4 Å². The number of nitrogens with one attached hydrogen (secondary N) is 1. The third-order valence-electron chi connectivity index (χ3n) is 5.95. The van der Waals surface area contributed by atoms with Crippen molar-refractivity contribution in [2.75, 3.05) is 56.7 Å². The predicted molar refractivity (Wildman–Crippen MR) is 125 cm³/mol. The van der Waals surface area contributed by atoms with Crippen LogP contribution in [0.4, 0.5) is 11.5 Å². The molecule has 9 nitrogen and oxygen atoms in total. The maximum Gasteiger partial charge on any atom is 0.255 e. The maximum atomic E-state index is 13.3. The molecule has 1 N–H and O–H groups in total. The normalized spacial score (nSPS) is 17.9. The van der Waals surface area contributed by atoms with Crippen LogP contribution in [-0.2, 0) is 14.8 Å². The summed E-state index contributed by atoms with van der Waals surface area (Å²) in [7, 11) is -2.35. The van der Waals surface area contributed by atoms with E-state index in [1.54, 1.807) is 18.3 Å². The Labute approximate surface area is 194 Å². The van der Waals surface area contributed by atoms with Crippen molar-refractivity contribution in [3.05, 3.63) is 42.1 Å². The van der Waals surface area contributed by atoms with Gasteiger partial charge in [0.2, 0.25) is 10.0 Å². The van der Waals surface area contributed by atoms with Crippen LogP contribution in [0.5, 0.6) is 5.75 Å². The van der Waals surface area contributed by atoms with Gasteiger partial charge in [-0.05, 0) is 43.2 Å². The summed E-state index contributed by atoms with van der Waals surface area (Å²) in [5.41, 5.74) is 0.770. The minimum atomic E-state index is -3.77. The summed E-state index contributed by atoms with van der Waals surface area (Å²) in [5, 5.41) is 2.80. The number of sulfonamides is 1. The van der Waals surface area contributed by atoms with Crippen LogP contribution in [-0.4, -0.2) is 70.1 Å². The molecule has 0 aliphatic carbocycles. The highest BCUT2D eigenvalue weighted by atomic mass is 32.2. The van der Waals surface area contributed by atoms with E-state index < -0.39 is 15.9 Å². The fraction of sp³-hybridized carbons (Fsp3) is 0.478. The van der Waals surface area contributed by atoms with Gasteiger partial charge in [-0.15, -0.1) is 0 Å². The Kier molecular flexibility index (Phi) is 7.46. The molecule has 4 rings (SSSR count). The van der Waals surface area contributed by atoms with E-state index in [1.165, 1.54) is 23.5 Å². The van der Waals surface area contributed by atoms with Crippen LogP contribution in [0.1, 0.15) is 36.0 Å². The highest BCUT2D eigenvalue weighted by molar-refractivity contribution is 7.89. The number of carbonyl (C=O) groups is 1. The number of hydrogen-bond acceptors (Lipinski definition) is 7. The van der Waals surface area contributed by atoms with Gasteiger partial charge in [0.1, 0.15) is 16.5 Å². The molecule has 178 valence electrons. The zero-order chi connectivity index (χ0) is 23.3. The molecule has 1 aromatic heterocycles. The Morgan fingerprint density at radius 3 is 2.39 bits per heavy atom. The van der Waals surface area contributed by atoms with Gasteiger partial charge in [-0.1, -0.05) is 12.8 Å². The van der Waals surface area contributed by atoms with Crippen molar-refractivity contribution in [1.29, 1.82) is 0 Å². The zero-order valence-electron chi connectivity index (χ0n) is 18.8. The molecule has 0 radical (unpaired) electrons. The zero-order valence-corrected chi connectivity index (χ0v) is 19.6. The van der Waals surface area contributed by atoms with Crippen LogP contribution in [0.25, 0.3) is 0 Å². The molecule has 0 atom stereocenters. The number of morpholine rings is 1. The summed E-state index contributed by atoms with van der Waals surface area (Å²) in [6.45, 7) is 3.84. The van der Waals surface area contributed by atoms with Crippen molar-refractivity contribution in [2.24, 2.45) is 0 Å². The summed E-state index contributed by atoms with van der Waals surface area (Å²) >= 11 is 0. The van der Waals surface area contributed by atoms with E-state index in [9.17, 15) is 13.2 Å². The quantitative estimate of drug-likeness (QED) is 0.687. The lowest BCUT2D eigenvalue weighted by molar-refractivity contribution is 0.102. The van der Waals surface area contributed by atoms with Gasteiger partial charge in [-0.3, -0.25) is 4.79 Å². The molecule has 0 saturated carbocycles. The molecule has 2 aliphatic heterocycles. The van der Waals surface area contributed by atoms with Gasteiger partial charge in [0.15, 0.2) is 0 Å².